The molecule has 18 heavy (non-hydrogen) atoms. The van der Waals surface area contributed by atoms with E-state index in [2.05, 4.69) is 10.2 Å². The van der Waals surface area contributed by atoms with E-state index in [1.54, 1.807) is 12.1 Å². The molecule has 0 aliphatic rings. The second kappa shape index (κ2) is 4.99. The molecule has 0 saturated carbocycles. The van der Waals surface area contributed by atoms with Crippen molar-refractivity contribution >= 4 is 29.2 Å². The molecule has 0 radical (unpaired) electrons. The van der Waals surface area contributed by atoms with E-state index in [0.717, 1.165) is 15.9 Å². The number of nitrogens with one attached hydrogen (secondary N) is 1. The molecule has 1 aromatic carbocycles. The smallest absolute Gasteiger partial charge is 0.195 e. The summed E-state index contributed by atoms with van der Waals surface area (Å²) in [7, 11) is 1.89. The van der Waals surface area contributed by atoms with Gasteiger partial charge in [0.25, 0.3) is 0 Å². The van der Waals surface area contributed by atoms with Gasteiger partial charge in [0.1, 0.15) is 11.7 Å². The molecule has 2 rings (SSSR count). The van der Waals surface area contributed by atoms with Crippen LogP contribution >= 0.6 is 23.4 Å². The van der Waals surface area contributed by atoms with Crippen LogP contribution in [0.4, 0.5) is 0 Å². The van der Waals surface area contributed by atoms with Crippen LogP contribution in [0.5, 0.6) is 0 Å². The van der Waals surface area contributed by atoms with Gasteiger partial charge in [-0.25, -0.2) is 0 Å². The van der Waals surface area contributed by atoms with Crippen LogP contribution in [0, 0.1) is 12.3 Å². The number of aromatic nitrogens is 3. The number of nitrogens with zero attached hydrogens (tertiary/aromatic N) is 3. The molecule has 1 aromatic heterocycles. The summed E-state index contributed by atoms with van der Waals surface area (Å²) in [6.45, 7) is 1.88. The lowest BCUT2D eigenvalue weighted by atomic mass is 10.2. The Hall–Kier alpha value is -1.53. The third kappa shape index (κ3) is 2.49. The first-order valence-electron chi connectivity index (χ1n) is 5.17. The molecule has 0 atom stereocenters. The topological polar surface area (TPSA) is 80.6 Å². The van der Waals surface area contributed by atoms with E-state index in [4.69, 9.17) is 22.7 Å². The molecule has 0 fully saturated rings. The summed E-state index contributed by atoms with van der Waals surface area (Å²) in [6, 6.07) is 5.27. The SMILES string of the molecule is Cc1nnc(Sc2ccc(Cl)cc2C(=N)N)n1C. The molecule has 1 heterocycles. The van der Waals surface area contributed by atoms with Crippen molar-refractivity contribution in [1.29, 1.82) is 5.41 Å². The zero-order valence-electron chi connectivity index (χ0n) is 9.94. The van der Waals surface area contributed by atoms with Crippen molar-refractivity contribution in [2.75, 3.05) is 0 Å². The zero-order valence-corrected chi connectivity index (χ0v) is 11.5. The summed E-state index contributed by atoms with van der Waals surface area (Å²) < 4.78 is 1.88. The zero-order chi connectivity index (χ0) is 13.3. The standard InChI is InChI=1S/C11H12ClN5S/c1-6-15-16-11(17(6)2)18-9-4-3-7(12)5-8(9)10(13)14/h3-5H,1-2H3,(H3,13,14). The second-order valence-electron chi connectivity index (χ2n) is 3.75. The molecule has 0 aliphatic carbocycles. The van der Waals surface area contributed by atoms with E-state index >= 15 is 0 Å². The van der Waals surface area contributed by atoms with E-state index in [0.29, 0.717) is 10.6 Å². The summed E-state index contributed by atoms with van der Waals surface area (Å²) in [5, 5.41) is 16.9. The summed E-state index contributed by atoms with van der Waals surface area (Å²) in [5.74, 6) is 0.815. The van der Waals surface area contributed by atoms with Gasteiger partial charge in [-0.15, -0.1) is 10.2 Å². The minimum absolute atomic E-state index is 0.0149. The van der Waals surface area contributed by atoms with Crippen molar-refractivity contribution in [3.63, 3.8) is 0 Å². The summed E-state index contributed by atoms with van der Waals surface area (Å²) in [6.07, 6.45) is 0. The maximum absolute atomic E-state index is 7.56. The summed E-state index contributed by atoms with van der Waals surface area (Å²) >= 11 is 7.31. The molecule has 0 unspecified atom stereocenters. The van der Waals surface area contributed by atoms with Gasteiger partial charge in [-0.2, -0.15) is 0 Å². The van der Waals surface area contributed by atoms with Gasteiger partial charge in [0.05, 0.1) is 0 Å². The maximum atomic E-state index is 7.56. The van der Waals surface area contributed by atoms with Crippen LogP contribution in [-0.2, 0) is 7.05 Å². The molecule has 0 amide bonds. The van der Waals surface area contributed by atoms with E-state index in [-0.39, 0.29) is 5.84 Å². The van der Waals surface area contributed by atoms with Gasteiger partial charge in [0.15, 0.2) is 5.16 Å². The third-order valence-corrected chi connectivity index (χ3v) is 3.83. The predicted octanol–water partition coefficient (Wildman–Crippen LogP) is 2.21. The van der Waals surface area contributed by atoms with Gasteiger partial charge in [-0.05, 0) is 36.9 Å². The van der Waals surface area contributed by atoms with Crippen molar-refractivity contribution in [2.24, 2.45) is 12.8 Å². The van der Waals surface area contributed by atoms with Gasteiger partial charge in [-0.1, -0.05) is 11.6 Å². The van der Waals surface area contributed by atoms with Gasteiger partial charge >= 0.3 is 0 Å². The highest BCUT2D eigenvalue weighted by Crippen LogP contribution is 2.30. The average Bonchev–Trinajstić information content (AvgIpc) is 2.63. The first-order chi connectivity index (χ1) is 8.49. The van der Waals surface area contributed by atoms with Crippen LogP contribution in [-0.4, -0.2) is 20.6 Å². The number of hydrogen-bond donors (Lipinski definition) is 2. The number of aryl methyl sites for hydroxylation is 1. The number of nitrogen functional groups attached to an aromatic ring is 1. The molecule has 0 aliphatic heterocycles. The monoisotopic (exact) mass is 281 g/mol. The minimum Gasteiger partial charge on any atom is -0.384 e. The van der Waals surface area contributed by atoms with Crippen LogP contribution < -0.4 is 5.73 Å². The van der Waals surface area contributed by atoms with Gasteiger partial charge in [-0.3, -0.25) is 5.41 Å². The lowest BCUT2D eigenvalue weighted by Crippen LogP contribution is -2.12. The fraction of sp³-hybridized carbons (Fsp3) is 0.182. The highest BCUT2D eigenvalue weighted by atomic mass is 35.5. The maximum Gasteiger partial charge on any atom is 0.195 e. The fourth-order valence-corrected chi connectivity index (χ4v) is 2.51. The minimum atomic E-state index is -0.0149. The molecule has 0 bridgehead atoms. The van der Waals surface area contributed by atoms with Crippen LogP contribution in [0.15, 0.2) is 28.3 Å². The number of halogens is 1. The Balaban J connectivity index is 2.40. The van der Waals surface area contributed by atoms with Crippen molar-refractivity contribution in [3.8, 4) is 0 Å². The van der Waals surface area contributed by atoms with Crippen molar-refractivity contribution in [1.82, 2.24) is 14.8 Å². The Morgan fingerprint density at radius 2 is 2.17 bits per heavy atom. The number of benzene rings is 1. The van der Waals surface area contributed by atoms with E-state index in [9.17, 15) is 0 Å². The van der Waals surface area contributed by atoms with Gasteiger partial charge in [0.2, 0.25) is 0 Å². The lowest BCUT2D eigenvalue weighted by Gasteiger charge is -2.07. The molecule has 3 N–H and O–H groups in total. The van der Waals surface area contributed by atoms with Crippen molar-refractivity contribution in [3.05, 3.63) is 34.6 Å². The Bertz CT molecular complexity index is 607. The molecule has 94 valence electrons. The molecule has 0 spiro atoms. The number of hydrogen-bond acceptors (Lipinski definition) is 4. The Kier molecular flexibility index (Phi) is 3.58. The first kappa shape index (κ1) is 12.9. The predicted molar refractivity (Wildman–Crippen MR) is 72.3 cm³/mol. The van der Waals surface area contributed by atoms with Crippen LogP contribution in [0.25, 0.3) is 0 Å². The summed E-state index contributed by atoms with van der Waals surface area (Å²) in [5.41, 5.74) is 6.15. The van der Waals surface area contributed by atoms with Gasteiger partial charge in [0, 0.05) is 22.5 Å². The van der Waals surface area contributed by atoms with E-state index in [1.807, 2.05) is 24.6 Å². The number of nitrogens with two attached hydrogens (primary N) is 1. The van der Waals surface area contributed by atoms with Crippen LogP contribution in [0.3, 0.4) is 0 Å². The Labute approximate surface area is 114 Å². The molecule has 7 heteroatoms. The third-order valence-electron chi connectivity index (χ3n) is 2.49. The van der Waals surface area contributed by atoms with Crippen molar-refractivity contribution < 1.29 is 0 Å². The lowest BCUT2D eigenvalue weighted by molar-refractivity contribution is 0.765. The second-order valence-corrected chi connectivity index (χ2v) is 5.19. The first-order valence-corrected chi connectivity index (χ1v) is 6.36. The molecule has 5 nitrogen and oxygen atoms in total. The molecular formula is C11H12ClN5S. The molecule has 0 saturated heterocycles. The average molecular weight is 282 g/mol. The van der Waals surface area contributed by atoms with Crippen molar-refractivity contribution in [2.45, 2.75) is 17.0 Å². The highest BCUT2D eigenvalue weighted by Gasteiger charge is 2.12. The fourth-order valence-electron chi connectivity index (χ4n) is 1.38. The normalized spacial score (nSPS) is 10.6. The quantitative estimate of drug-likeness (QED) is 0.668. The van der Waals surface area contributed by atoms with E-state index < -0.39 is 0 Å². The van der Waals surface area contributed by atoms with E-state index in [1.165, 1.54) is 11.8 Å². The van der Waals surface area contributed by atoms with Crippen LogP contribution in [0.2, 0.25) is 5.02 Å². The highest BCUT2D eigenvalue weighted by molar-refractivity contribution is 7.99. The number of rotatable bonds is 3. The summed E-state index contributed by atoms with van der Waals surface area (Å²) in [4.78, 5) is 0.836. The molecule has 2 aromatic rings. The molecular weight excluding hydrogens is 270 g/mol. The van der Waals surface area contributed by atoms with Crippen LogP contribution in [0.1, 0.15) is 11.4 Å². The Morgan fingerprint density at radius 3 is 2.72 bits per heavy atom. The number of amidine groups is 1. The Morgan fingerprint density at radius 1 is 1.44 bits per heavy atom. The van der Waals surface area contributed by atoms with Gasteiger partial charge < -0.3 is 10.3 Å². The largest absolute Gasteiger partial charge is 0.384 e.